The molecule has 0 saturated carbocycles. The molecule has 0 aromatic heterocycles. The van der Waals surface area contributed by atoms with Gasteiger partial charge in [-0.3, -0.25) is 9.69 Å². The molecule has 0 bridgehead atoms. The molecule has 2 aliphatic rings. The van der Waals surface area contributed by atoms with E-state index in [1.165, 1.54) is 0 Å². The van der Waals surface area contributed by atoms with Crippen molar-refractivity contribution in [2.45, 2.75) is 25.3 Å². The summed E-state index contributed by atoms with van der Waals surface area (Å²) in [4.78, 5) is 17.0. The Hall–Kier alpha value is -2.60. The summed E-state index contributed by atoms with van der Waals surface area (Å²) in [5.74, 6) is -4.51. The average Bonchev–Trinajstić information content (AvgIpc) is 2.77. The van der Waals surface area contributed by atoms with Crippen LogP contribution >= 0.6 is 0 Å². The molecule has 0 spiro atoms. The van der Waals surface area contributed by atoms with E-state index in [2.05, 4.69) is 29.2 Å². The highest BCUT2D eigenvalue weighted by Gasteiger charge is 2.39. The van der Waals surface area contributed by atoms with Crippen molar-refractivity contribution < 1.29 is 18.0 Å². The van der Waals surface area contributed by atoms with E-state index >= 15 is 0 Å². The monoisotopic (exact) mass is 414 g/mol. The maximum atomic E-state index is 14.2. The lowest BCUT2D eigenvalue weighted by atomic mass is 9.83. The van der Waals surface area contributed by atoms with Gasteiger partial charge in [-0.1, -0.05) is 42.5 Å². The van der Waals surface area contributed by atoms with Crippen LogP contribution in [-0.4, -0.2) is 47.9 Å². The molecule has 1 amide bonds. The minimum absolute atomic E-state index is 0.00752. The van der Waals surface area contributed by atoms with Gasteiger partial charge in [0.1, 0.15) is 0 Å². The number of benzene rings is 2. The second-order valence-electron chi connectivity index (χ2n) is 8.05. The molecule has 2 fully saturated rings. The van der Waals surface area contributed by atoms with Crippen LogP contribution < -0.4 is 0 Å². The van der Waals surface area contributed by atoms with Crippen LogP contribution in [0.3, 0.4) is 0 Å². The van der Waals surface area contributed by atoms with E-state index in [-0.39, 0.29) is 11.6 Å². The number of hydrogen-bond donors (Lipinski definition) is 0. The Balaban J connectivity index is 1.41. The lowest BCUT2D eigenvalue weighted by Gasteiger charge is -2.47. The van der Waals surface area contributed by atoms with Crippen molar-refractivity contribution in [3.63, 3.8) is 0 Å². The first-order valence-electron chi connectivity index (χ1n) is 10.4. The van der Waals surface area contributed by atoms with Gasteiger partial charge in [-0.2, -0.15) is 0 Å². The fourth-order valence-corrected chi connectivity index (χ4v) is 4.64. The van der Waals surface area contributed by atoms with E-state index < -0.39 is 23.4 Å². The molecule has 2 aliphatic heterocycles. The molecule has 30 heavy (non-hydrogen) atoms. The largest absolute Gasteiger partial charge is 0.335 e. The molecule has 6 heteroatoms. The zero-order valence-corrected chi connectivity index (χ0v) is 16.7. The first-order chi connectivity index (χ1) is 14.5. The van der Waals surface area contributed by atoms with Crippen LogP contribution in [0, 0.1) is 23.4 Å². The van der Waals surface area contributed by atoms with Crippen LogP contribution in [-0.2, 0) is 0 Å². The highest BCUT2D eigenvalue weighted by molar-refractivity contribution is 5.94. The molecule has 2 heterocycles. The van der Waals surface area contributed by atoms with Crippen molar-refractivity contribution in [2.24, 2.45) is 5.92 Å². The van der Waals surface area contributed by atoms with Gasteiger partial charge in [0.15, 0.2) is 17.5 Å². The van der Waals surface area contributed by atoms with Crippen molar-refractivity contribution in [3.8, 4) is 0 Å². The fourth-order valence-electron chi connectivity index (χ4n) is 4.64. The number of rotatable bonds is 4. The van der Waals surface area contributed by atoms with Crippen LogP contribution in [0.4, 0.5) is 13.2 Å². The third kappa shape index (κ3) is 4.29. The van der Waals surface area contributed by atoms with Gasteiger partial charge in [-0.25, -0.2) is 13.2 Å². The summed E-state index contributed by atoms with van der Waals surface area (Å²) in [6.45, 7) is 3.06. The molecule has 2 atom stereocenters. The minimum Gasteiger partial charge on any atom is -0.335 e. The minimum atomic E-state index is -1.59. The summed E-state index contributed by atoms with van der Waals surface area (Å²) in [6.07, 6.45) is 6.88. The molecular weight excluding hydrogens is 389 g/mol. The summed E-state index contributed by atoms with van der Waals surface area (Å²) in [5, 5.41) is 0. The molecule has 0 unspecified atom stereocenters. The van der Waals surface area contributed by atoms with E-state index in [0.29, 0.717) is 12.5 Å². The number of nitrogens with zero attached hydrogens (tertiary/aromatic N) is 2. The van der Waals surface area contributed by atoms with Gasteiger partial charge in [-0.05, 0) is 42.9 Å². The van der Waals surface area contributed by atoms with E-state index in [9.17, 15) is 18.0 Å². The topological polar surface area (TPSA) is 23.6 Å². The van der Waals surface area contributed by atoms with E-state index in [1.54, 1.807) is 4.90 Å². The summed E-state index contributed by atoms with van der Waals surface area (Å²) in [5.41, 5.74) is 0.776. The van der Waals surface area contributed by atoms with Crippen molar-refractivity contribution in [1.29, 1.82) is 0 Å². The van der Waals surface area contributed by atoms with Crippen LogP contribution in [0.1, 0.15) is 35.2 Å². The van der Waals surface area contributed by atoms with Crippen LogP contribution in [0.5, 0.6) is 0 Å². The molecule has 2 aromatic carbocycles. The first kappa shape index (κ1) is 20.7. The highest BCUT2D eigenvalue weighted by atomic mass is 19.2. The lowest BCUT2D eigenvalue weighted by molar-refractivity contribution is 0.0222. The molecule has 0 aliphatic carbocycles. The Kier molecular flexibility index (Phi) is 6.23. The quantitative estimate of drug-likeness (QED) is 0.675. The fraction of sp³-hybridized carbons (Fsp3) is 0.375. The third-order valence-corrected chi connectivity index (χ3v) is 6.15. The number of carbonyl (C=O) groups excluding carboxylic acids is 1. The molecule has 0 N–H and O–H groups in total. The molecule has 3 nitrogen and oxygen atoms in total. The first-order valence-corrected chi connectivity index (χ1v) is 10.4. The van der Waals surface area contributed by atoms with E-state index in [4.69, 9.17) is 0 Å². The van der Waals surface area contributed by atoms with Gasteiger partial charge in [0, 0.05) is 32.2 Å². The number of fused-ring (bicyclic) bond motifs is 1. The van der Waals surface area contributed by atoms with Gasteiger partial charge in [0.25, 0.3) is 5.91 Å². The maximum absolute atomic E-state index is 14.2. The molecule has 158 valence electrons. The maximum Gasteiger partial charge on any atom is 0.257 e. The van der Waals surface area contributed by atoms with Crippen molar-refractivity contribution in [1.82, 2.24) is 9.80 Å². The summed E-state index contributed by atoms with van der Waals surface area (Å²) in [6, 6.07) is 12.0. The van der Waals surface area contributed by atoms with Crippen molar-refractivity contribution >= 4 is 12.0 Å². The lowest BCUT2D eigenvalue weighted by Crippen LogP contribution is -2.55. The van der Waals surface area contributed by atoms with Crippen molar-refractivity contribution in [2.75, 3.05) is 26.2 Å². The zero-order chi connectivity index (χ0) is 21.1. The van der Waals surface area contributed by atoms with Gasteiger partial charge >= 0.3 is 0 Å². The predicted molar refractivity (Wildman–Crippen MR) is 110 cm³/mol. The van der Waals surface area contributed by atoms with Crippen LogP contribution in [0.25, 0.3) is 6.08 Å². The Morgan fingerprint density at radius 3 is 2.60 bits per heavy atom. The highest BCUT2D eigenvalue weighted by Crippen LogP contribution is 2.32. The summed E-state index contributed by atoms with van der Waals surface area (Å²) < 4.78 is 41.0. The van der Waals surface area contributed by atoms with E-state index in [1.807, 2.05) is 18.2 Å². The summed E-state index contributed by atoms with van der Waals surface area (Å²) >= 11 is 0. The normalized spacial score (nSPS) is 22.3. The Morgan fingerprint density at radius 2 is 1.80 bits per heavy atom. The average molecular weight is 414 g/mol. The second kappa shape index (κ2) is 9.04. The molecule has 0 radical (unpaired) electrons. The number of amides is 1. The Morgan fingerprint density at radius 1 is 1.00 bits per heavy atom. The number of likely N-dealkylation sites (tertiary alicyclic amines) is 2. The number of piperidine rings is 2. The van der Waals surface area contributed by atoms with Crippen LogP contribution in [0.2, 0.25) is 0 Å². The molecule has 2 aromatic rings. The zero-order valence-electron chi connectivity index (χ0n) is 16.7. The van der Waals surface area contributed by atoms with Crippen molar-refractivity contribution in [3.05, 3.63) is 77.1 Å². The molecular formula is C24H25F3N2O. The molecule has 4 rings (SSSR count). The Labute approximate surface area is 174 Å². The van der Waals surface area contributed by atoms with Gasteiger partial charge in [-0.15, -0.1) is 0 Å². The van der Waals surface area contributed by atoms with Crippen LogP contribution in [0.15, 0.2) is 48.5 Å². The van der Waals surface area contributed by atoms with Gasteiger partial charge in [0.2, 0.25) is 0 Å². The third-order valence-electron chi connectivity index (χ3n) is 6.15. The number of carbonyl (C=O) groups is 1. The Bertz CT molecular complexity index is 932. The van der Waals surface area contributed by atoms with Gasteiger partial charge < -0.3 is 4.90 Å². The van der Waals surface area contributed by atoms with E-state index in [0.717, 1.165) is 56.6 Å². The predicted octanol–water partition coefficient (Wildman–Crippen LogP) is 4.74. The number of halogens is 3. The standard InChI is InChI=1S/C24H25F3N2O/c25-20-11-10-19(22(26)23(20)27)24(30)29-14-5-9-18-16-28(15-12-21(18)29)13-4-8-17-6-2-1-3-7-17/h1-4,6-8,10-11,18,21H,5,9,12-16H2/b8-4+/t18-,21-/m1/s1. The smallest absolute Gasteiger partial charge is 0.257 e. The number of hydrogen-bond acceptors (Lipinski definition) is 2. The second-order valence-corrected chi connectivity index (χ2v) is 8.05. The molecule has 2 saturated heterocycles. The SMILES string of the molecule is O=C(c1ccc(F)c(F)c1F)N1CCC[C@@H]2CN(C/C=C/c3ccccc3)CC[C@H]21. The van der Waals surface area contributed by atoms with Gasteiger partial charge in [0.05, 0.1) is 5.56 Å². The summed E-state index contributed by atoms with van der Waals surface area (Å²) in [7, 11) is 0.